The number of carbonyl (C=O) groups is 3. The first-order valence-corrected chi connectivity index (χ1v) is 10.3. The Balaban J connectivity index is 1.75. The molecule has 0 unspecified atom stereocenters. The van der Waals surface area contributed by atoms with Gasteiger partial charge in [0.25, 0.3) is 5.91 Å². The smallest absolute Gasteiger partial charge is 0.341 e. The lowest BCUT2D eigenvalue weighted by Gasteiger charge is -2.10. The minimum Gasteiger partial charge on any atom is -0.462 e. The summed E-state index contributed by atoms with van der Waals surface area (Å²) in [6.45, 7) is 3.26. The molecule has 0 saturated heterocycles. The molecule has 0 aliphatic heterocycles. The first-order valence-electron chi connectivity index (χ1n) is 9.38. The lowest BCUT2D eigenvalue weighted by molar-refractivity contribution is -0.119. The zero-order valence-electron chi connectivity index (χ0n) is 16.6. The van der Waals surface area contributed by atoms with Gasteiger partial charge >= 0.3 is 11.9 Å². The number of aryl methyl sites for hydroxylation is 1. The van der Waals surface area contributed by atoms with Crippen molar-refractivity contribution in [3.8, 4) is 11.1 Å². The summed E-state index contributed by atoms with van der Waals surface area (Å²) < 4.78 is 10.3. The second-order valence-electron chi connectivity index (χ2n) is 6.38. The topological polar surface area (TPSA) is 81.7 Å². The molecule has 7 heteroatoms. The number of thiophene rings is 1. The highest BCUT2D eigenvalue weighted by Crippen LogP contribution is 2.36. The van der Waals surface area contributed by atoms with Crippen LogP contribution in [0.2, 0.25) is 0 Å². The molecule has 154 valence electrons. The molecule has 0 fully saturated rings. The summed E-state index contributed by atoms with van der Waals surface area (Å²) in [6.07, 6.45) is 0. The van der Waals surface area contributed by atoms with Crippen molar-refractivity contribution >= 4 is 34.2 Å². The van der Waals surface area contributed by atoms with E-state index in [0.717, 1.165) is 11.1 Å². The van der Waals surface area contributed by atoms with Crippen LogP contribution < -0.4 is 5.32 Å². The van der Waals surface area contributed by atoms with Crippen LogP contribution in [0.4, 0.5) is 5.00 Å². The highest BCUT2D eigenvalue weighted by Gasteiger charge is 2.23. The molecule has 0 radical (unpaired) electrons. The van der Waals surface area contributed by atoms with Gasteiger partial charge < -0.3 is 14.8 Å². The number of benzene rings is 2. The van der Waals surface area contributed by atoms with E-state index in [0.29, 0.717) is 16.1 Å². The SMILES string of the molecule is CCOC(=O)c1c(-c2ccccc2)csc1NC(=O)COC(=O)c1ccccc1C. The Morgan fingerprint density at radius 2 is 1.63 bits per heavy atom. The largest absolute Gasteiger partial charge is 0.462 e. The van der Waals surface area contributed by atoms with Crippen molar-refractivity contribution in [3.63, 3.8) is 0 Å². The molecule has 3 rings (SSSR count). The van der Waals surface area contributed by atoms with Gasteiger partial charge in [-0.25, -0.2) is 9.59 Å². The number of nitrogens with one attached hydrogen (secondary N) is 1. The normalized spacial score (nSPS) is 10.3. The second-order valence-corrected chi connectivity index (χ2v) is 7.26. The molecule has 2 aromatic carbocycles. The van der Waals surface area contributed by atoms with E-state index in [9.17, 15) is 14.4 Å². The maximum atomic E-state index is 12.5. The third kappa shape index (κ3) is 4.93. The molecular formula is C23H21NO5S. The summed E-state index contributed by atoms with van der Waals surface area (Å²) in [4.78, 5) is 37.1. The van der Waals surface area contributed by atoms with Crippen LogP contribution in [0.5, 0.6) is 0 Å². The van der Waals surface area contributed by atoms with E-state index in [1.807, 2.05) is 36.4 Å². The van der Waals surface area contributed by atoms with Gasteiger partial charge in [0.05, 0.1) is 12.2 Å². The monoisotopic (exact) mass is 423 g/mol. The number of ether oxygens (including phenoxy) is 2. The Labute approximate surface area is 178 Å². The molecule has 0 bridgehead atoms. The van der Waals surface area contributed by atoms with Crippen molar-refractivity contribution < 1.29 is 23.9 Å². The van der Waals surface area contributed by atoms with E-state index in [4.69, 9.17) is 9.47 Å². The third-order valence-electron chi connectivity index (χ3n) is 4.31. The Hall–Kier alpha value is -3.45. The van der Waals surface area contributed by atoms with Crippen molar-refractivity contribution in [2.75, 3.05) is 18.5 Å². The molecule has 3 aromatic rings. The highest BCUT2D eigenvalue weighted by atomic mass is 32.1. The van der Waals surface area contributed by atoms with E-state index in [2.05, 4.69) is 5.32 Å². The van der Waals surface area contributed by atoms with Crippen molar-refractivity contribution in [3.05, 3.63) is 76.7 Å². The quantitative estimate of drug-likeness (QED) is 0.557. The van der Waals surface area contributed by atoms with Gasteiger partial charge in [-0.15, -0.1) is 11.3 Å². The third-order valence-corrected chi connectivity index (χ3v) is 5.20. The van der Waals surface area contributed by atoms with Crippen molar-refractivity contribution in [1.29, 1.82) is 0 Å². The molecule has 1 N–H and O–H groups in total. The minimum atomic E-state index is -0.579. The van der Waals surface area contributed by atoms with Crippen LogP contribution in [-0.4, -0.2) is 31.1 Å². The van der Waals surface area contributed by atoms with Crippen molar-refractivity contribution in [1.82, 2.24) is 0 Å². The lowest BCUT2D eigenvalue weighted by atomic mass is 10.0. The van der Waals surface area contributed by atoms with Crippen LogP contribution in [0.25, 0.3) is 11.1 Å². The van der Waals surface area contributed by atoms with Crippen LogP contribution in [0, 0.1) is 6.92 Å². The number of esters is 2. The van der Waals surface area contributed by atoms with Gasteiger partial charge in [-0.2, -0.15) is 0 Å². The Bertz CT molecular complexity index is 1060. The van der Waals surface area contributed by atoms with Gasteiger partial charge in [0, 0.05) is 10.9 Å². The van der Waals surface area contributed by atoms with Crippen molar-refractivity contribution in [2.45, 2.75) is 13.8 Å². The summed E-state index contributed by atoms with van der Waals surface area (Å²) in [5.74, 6) is -1.64. The van der Waals surface area contributed by atoms with Gasteiger partial charge in [0.15, 0.2) is 6.61 Å². The molecule has 30 heavy (non-hydrogen) atoms. The van der Waals surface area contributed by atoms with E-state index in [1.54, 1.807) is 37.4 Å². The molecule has 0 saturated carbocycles. The van der Waals surface area contributed by atoms with Gasteiger partial charge in [0.1, 0.15) is 10.6 Å². The molecule has 6 nitrogen and oxygen atoms in total. The molecule has 0 atom stereocenters. The second kappa shape index (κ2) is 9.84. The fourth-order valence-electron chi connectivity index (χ4n) is 2.86. The van der Waals surface area contributed by atoms with E-state index >= 15 is 0 Å². The molecule has 0 spiro atoms. The first-order chi connectivity index (χ1) is 14.5. The van der Waals surface area contributed by atoms with E-state index in [1.165, 1.54) is 11.3 Å². The fourth-order valence-corrected chi connectivity index (χ4v) is 3.83. The Morgan fingerprint density at radius 1 is 0.933 bits per heavy atom. The minimum absolute atomic E-state index is 0.213. The summed E-state index contributed by atoms with van der Waals surface area (Å²) in [6, 6.07) is 16.3. The highest BCUT2D eigenvalue weighted by molar-refractivity contribution is 7.15. The average molecular weight is 423 g/mol. The Kier molecular flexibility index (Phi) is 6.98. The number of carbonyl (C=O) groups excluding carboxylic acids is 3. The molecule has 0 aliphatic rings. The van der Waals surface area contributed by atoms with Gasteiger partial charge in [-0.1, -0.05) is 48.5 Å². The number of hydrogen-bond donors (Lipinski definition) is 1. The number of hydrogen-bond acceptors (Lipinski definition) is 6. The maximum absolute atomic E-state index is 12.5. The number of anilines is 1. The van der Waals surface area contributed by atoms with Crippen LogP contribution in [-0.2, 0) is 14.3 Å². The van der Waals surface area contributed by atoms with Gasteiger partial charge in [-0.3, -0.25) is 4.79 Å². The van der Waals surface area contributed by atoms with Gasteiger partial charge in [-0.05, 0) is 31.0 Å². The molecule has 0 aliphatic carbocycles. The zero-order chi connectivity index (χ0) is 21.5. The number of rotatable bonds is 7. The predicted molar refractivity (Wildman–Crippen MR) is 116 cm³/mol. The summed E-state index contributed by atoms with van der Waals surface area (Å²) in [7, 11) is 0. The summed E-state index contributed by atoms with van der Waals surface area (Å²) in [5.41, 5.74) is 2.96. The summed E-state index contributed by atoms with van der Waals surface area (Å²) in [5, 5.41) is 4.80. The van der Waals surface area contributed by atoms with Gasteiger partial charge in [0.2, 0.25) is 0 Å². The average Bonchev–Trinajstić information content (AvgIpc) is 3.16. The maximum Gasteiger partial charge on any atom is 0.341 e. The molecule has 1 aromatic heterocycles. The fraction of sp³-hybridized carbons (Fsp3) is 0.174. The summed E-state index contributed by atoms with van der Waals surface area (Å²) >= 11 is 1.21. The zero-order valence-corrected chi connectivity index (χ0v) is 17.5. The lowest BCUT2D eigenvalue weighted by Crippen LogP contribution is -2.22. The molecule has 1 amide bonds. The molecular weight excluding hydrogens is 402 g/mol. The first kappa shape index (κ1) is 21.3. The van der Waals surface area contributed by atoms with E-state index in [-0.39, 0.29) is 12.2 Å². The van der Waals surface area contributed by atoms with Crippen molar-refractivity contribution in [2.24, 2.45) is 0 Å². The Morgan fingerprint density at radius 3 is 2.33 bits per heavy atom. The number of amides is 1. The molecule has 1 heterocycles. The standard InChI is InChI=1S/C23H21NO5S/c1-3-28-23(27)20-18(16-10-5-4-6-11-16)14-30-21(20)24-19(25)13-29-22(26)17-12-8-7-9-15(17)2/h4-12,14H,3,13H2,1-2H3,(H,24,25). The van der Waals surface area contributed by atoms with Crippen LogP contribution >= 0.6 is 11.3 Å². The van der Waals surface area contributed by atoms with E-state index < -0.39 is 24.5 Å². The van der Waals surface area contributed by atoms with Crippen LogP contribution in [0.3, 0.4) is 0 Å². The van der Waals surface area contributed by atoms with Crippen LogP contribution in [0.1, 0.15) is 33.2 Å². The van der Waals surface area contributed by atoms with Crippen LogP contribution in [0.15, 0.2) is 60.0 Å². The predicted octanol–water partition coefficient (Wildman–Crippen LogP) is 4.70.